The van der Waals surface area contributed by atoms with Crippen LogP contribution < -0.4 is 24.8 Å². The normalized spacial score (nSPS) is 13.5. The molecule has 0 saturated heterocycles. The summed E-state index contributed by atoms with van der Waals surface area (Å²) in [5.74, 6) is 2.07. The van der Waals surface area contributed by atoms with Gasteiger partial charge in [0, 0.05) is 35.7 Å². The van der Waals surface area contributed by atoms with Crippen LogP contribution in [0.2, 0.25) is 0 Å². The van der Waals surface area contributed by atoms with Crippen LogP contribution in [0, 0.1) is 20.8 Å². The van der Waals surface area contributed by atoms with Crippen molar-refractivity contribution in [2.24, 2.45) is 0 Å². The van der Waals surface area contributed by atoms with Crippen LogP contribution in [0.3, 0.4) is 0 Å². The molecule has 0 atom stereocenters. The average Bonchev–Trinajstić information content (AvgIpc) is 3.61. The van der Waals surface area contributed by atoms with Gasteiger partial charge in [0.2, 0.25) is 5.95 Å². The number of rotatable bonds is 11. The van der Waals surface area contributed by atoms with Crippen molar-refractivity contribution in [1.82, 2.24) is 19.4 Å². The van der Waals surface area contributed by atoms with Crippen molar-refractivity contribution < 1.29 is 13.2 Å². The molecule has 0 spiro atoms. The van der Waals surface area contributed by atoms with Crippen molar-refractivity contribution in [3.63, 3.8) is 0 Å². The molecule has 4 N–H and O–H groups in total. The van der Waals surface area contributed by atoms with Gasteiger partial charge in [-0.1, -0.05) is 12.1 Å². The maximum atomic E-state index is 12.0. The van der Waals surface area contributed by atoms with E-state index in [2.05, 4.69) is 30.0 Å². The highest BCUT2D eigenvalue weighted by Crippen LogP contribution is 2.29. The Morgan fingerprint density at radius 1 is 0.971 bits per heavy atom. The summed E-state index contributed by atoms with van der Waals surface area (Å²) in [7, 11) is -3.47. The van der Waals surface area contributed by atoms with Crippen molar-refractivity contribution in [3.8, 4) is 5.75 Å². The molecule has 1 saturated carbocycles. The molecule has 1 aliphatic carbocycles. The first-order chi connectivity index (χ1) is 16.7. The minimum absolute atomic E-state index is 0.0806. The lowest BCUT2D eigenvalue weighted by atomic mass is 10.1. The summed E-state index contributed by atoms with van der Waals surface area (Å²) in [5.41, 5.74) is 5.59. The van der Waals surface area contributed by atoms with E-state index in [1.807, 2.05) is 64.1 Å². The smallest absolute Gasteiger partial charge is 0.277 e. The molecule has 0 bridgehead atoms. The van der Waals surface area contributed by atoms with Gasteiger partial charge in [-0.25, -0.2) is 4.98 Å². The number of nitrogens with zero attached hydrogens (tertiary/aromatic N) is 2. The largest absolute Gasteiger partial charge is 0.493 e. The van der Waals surface area contributed by atoms with E-state index < -0.39 is 10.2 Å². The summed E-state index contributed by atoms with van der Waals surface area (Å²) >= 11 is 0. The number of hydrogen-bond donors (Lipinski definition) is 4. The molecule has 35 heavy (non-hydrogen) atoms. The molecule has 0 radical (unpaired) electrons. The van der Waals surface area contributed by atoms with Gasteiger partial charge in [-0.2, -0.15) is 22.8 Å². The third-order valence-electron chi connectivity index (χ3n) is 5.56. The van der Waals surface area contributed by atoms with E-state index in [9.17, 15) is 8.42 Å². The van der Waals surface area contributed by atoms with Crippen molar-refractivity contribution in [2.45, 2.75) is 53.1 Å². The predicted molar refractivity (Wildman–Crippen MR) is 139 cm³/mol. The van der Waals surface area contributed by atoms with Crippen LogP contribution in [0.1, 0.15) is 42.0 Å². The molecule has 3 aromatic rings. The highest BCUT2D eigenvalue weighted by molar-refractivity contribution is 7.87. The summed E-state index contributed by atoms with van der Waals surface area (Å²) in [6.45, 7) is 8.80. The molecule has 1 aromatic heterocycles. The van der Waals surface area contributed by atoms with Crippen LogP contribution in [0.5, 0.6) is 5.75 Å². The Morgan fingerprint density at radius 2 is 1.66 bits per heavy atom. The van der Waals surface area contributed by atoms with E-state index in [-0.39, 0.29) is 12.6 Å². The van der Waals surface area contributed by atoms with Gasteiger partial charge in [-0.05, 0) is 81.5 Å². The quantitative estimate of drug-likeness (QED) is 0.311. The first kappa shape index (κ1) is 24.9. The zero-order valence-corrected chi connectivity index (χ0v) is 21.3. The topological polar surface area (TPSA) is 117 Å². The first-order valence-corrected chi connectivity index (χ1v) is 13.2. The van der Waals surface area contributed by atoms with Gasteiger partial charge in [-0.15, -0.1) is 0 Å². The van der Waals surface area contributed by atoms with E-state index in [1.165, 1.54) is 0 Å². The number of aryl methyl sites for hydroxylation is 3. The van der Waals surface area contributed by atoms with Crippen molar-refractivity contribution >= 4 is 33.4 Å². The van der Waals surface area contributed by atoms with Gasteiger partial charge in [0.1, 0.15) is 11.6 Å². The molecule has 4 rings (SSSR count). The number of anilines is 4. The third kappa shape index (κ3) is 6.91. The molecule has 1 aliphatic rings. The second kappa shape index (κ2) is 10.6. The summed E-state index contributed by atoms with van der Waals surface area (Å²) < 4.78 is 34.9. The third-order valence-corrected chi connectivity index (χ3v) is 6.73. The Hall–Kier alpha value is -3.21. The SMILES string of the molecule is CCOc1c(C)cc(Nc2ncc(C)c(Nc3ccc(CNS(=O)(=O)NC4CC4)cc3)n2)cc1C. The lowest BCUT2D eigenvalue weighted by molar-refractivity contribution is 0.335. The standard InChI is InChI=1S/C25H32N6O3S/c1-5-34-23-16(2)12-22(13-17(23)3)29-25-26-14-18(4)24(30-25)28-20-8-6-19(7-9-20)15-27-35(32,33)31-21-10-11-21/h6-9,12-14,21,27,31H,5,10-11,15H2,1-4H3,(H2,26,28,29,30). The van der Waals surface area contributed by atoms with Crippen LogP contribution in [-0.4, -0.2) is 31.0 Å². The number of aromatic nitrogens is 2. The number of ether oxygens (including phenoxy) is 1. The molecule has 10 heteroatoms. The molecular weight excluding hydrogens is 464 g/mol. The van der Waals surface area contributed by atoms with Gasteiger partial charge >= 0.3 is 0 Å². The molecule has 0 unspecified atom stereocenters. The summed E-state index contributed by atoms with van der Waals surface area (Å²) in [4.78, 5) is 9.06. The molecule has 1 fully saturated rings. The minimum atomic E-state index is -3.47. The lowest BCUT2D eigenvalue weighted by Crippen LogP contribution is -2.37. The fraction of sp³-hybridized carbons (Fsp3) is 0.360. The maximum absolute atomic E-state index is 12.0. The molecular formula is C25H32N6O3S. The molecule has 2 aromatic carbocycles. The van der Waals surface area contributed by atoms with E-state index >= 15 is 0 Å². The Morgan fingerprint density at radius 3 is 2.29 bits per heavy atom. The number of benzene rings is 2. The van der Waals surface area contributed by atoms with Gasteiger partial charge in [0.15, 0.2) is 0 Å². The Balaban J connectivity index is 1.41. The number of hydrogen-bond acceptors (Lipinski definition) is 7. The maximum Gasteiger partial charge on any atom is 0.277 e. The highest BCUT2D eigenvalue weighted by atomic mass is 32.2. The van der Waals surface area contributed by atoms with Gasteiger partial charge in [0.05, 0.1) is 6.61 Å². The van der Waals surface area contributed by atoms with E-state index in [0.717, 1.165) is 52.2 Å². The highest BCUT2D eigenvalue weighted by Gasteiger charge is 2.26. The zero-order valence-electron chi connectivity index (χ0n) is 20.5. The molecule has 0 aliphatic heterocycles. The summed E-state index contributed by atoms with van der Waals surface area (Å²) in [6.07, 6.45) is 3.57. The van der Waals surface area contributed by atoms with Crippen LogP contribution in [-0.2, 0) is 16.8 Å². The van der Waals surface area contributed by atoms with Gasteiger partial charge in [0.25, 0.3) is 10.2 Å². The van der Waals surface area contributed by atoms with Crippen LogP contribution in [0.15, 0.2) is 42.6 Å². The zero-order chi connectivity index (χ0) is 25.0. The van der Waals surface area contributed by atoms with Crippen LogP contribution in [0.25, 0.3) is 0 Å². The lowest BCUT2D eigenvalue weighted by Gasteiger charge is -2.15. The van der Waals surface area contributed by atoms with Crippen LogP contribution in [0.4, 0.5) is 23.1 Å². The van der Waals surface area contributed by atoms with Gasteiger partial charge < -0.3 is 15.4 Å². The van der Waals surface area contributed by atoms with E-state index in [1.54, 1.807) is 6.20 Å². The second-order valence-electron chi connectivity index (χ2n) is 8.76. The average molecular weight is 497 g/mol. The Labute approximate surface area is 206 Å². The predicted octanol–water partition coefficient (Wildman–Crippen LogP) is 4.37. The van der Waals surface area contributed by atoms with Crippen molar-refractivity contribution in [2.75, 3.05) is 17.2 Å². The van der Waals surface area contributed by atoms with E-state index in [0.29, 0.717) is 18.4 Å². The Bertz CT molecular complexity index is 1270. The minimum Gasteiger partial charge on any atom is -0.493 e. The van der Waals surface area contributed by atoms with Gasteiger partial charge in [-0.3, -0.25) is 0 Å². The summed E-state index contributed by atoms with van der Waals surface area (Å²) in [6, 6.07) is 11.7. The summed E-state index contributed by atoms with van der Waals surface area (Å²) in [5, 5.41) is 6.60. The molecule has 9 nitrogen and oxygen atoms in total. The molecule has 0 amide bonds. The molecule has 1 heterocycles. The van der Waals surface area contributed by atoms with Crippen LogP contribution >= 0.6 is 0 Å². The van der Waals surface area contributed by atoms with Crippen molar-refractivity contribution in [3.05, 3.63) is 64.8 Å². The fourth-order valence-electron chi connectivity index (χ4n) is 3.64. The molecule has 186 valence electrons. The Kier molecular flexibility index (Phi) is 7.54. The second-order valence-corrected chi connectivity index (χ2v) is 10.3. The fourth-order valence-corrected chi connectivity index (χ4v) is 4.75. The van der Waals surface area contributed by atoms with E-state index in [4.69, 9.17) is 4.74 Å². The van der Waals surface area contributed by atoms with Crippen molar-refractivity contribution in [1.29, 1.82) is 0 Å². The first-order valence-electron chi connectivity index (χ1n) is 11.7. The number of nitrogens with one attached hydrogen (secondary N) is 4. The monoisotopic (exact) mass is 496 g/mol.